The zero-order chi connectivity index (χ0) is 23.8. The second-order valence-corrected chi connectivity index (χ2v) is 7.99. The molecule has 3 aromatic rings. The summed E-state index contributed by atoms with van der Waals surface area (Å²) in [6.07, 6.45) is -4.53. The number of halogens is 6. The Morgan fingerprint density at radius 1 is 1.28 bits per heavy atom. The molecule has 0 aliphatic carbocycles. The second kappa shape index (κ2) is 8.44. The van der Waals surface area contributed by atoms with Crippen molar-refractivity contribution in [3.63, 3.8) is 0 Å². The third-order valence-electron chi connectivity index (χ3n) is 4.14. The first kappa shape index (κ1) is 23.6. The van der Waals surface area contributed by atoms with E-state index in [0.29, 0.717) is 28.0 Å². The Morgan fingerprint density at radius 3 is 2.56 bits per heavy atom. The average molecular weight is 491 g/mol. The maximum Gasteiger partial charge on any atom is 0.458 e. The van der Waals surface area contributed by atoms with Crippen LogP contribution < -0.4 is 5.32 Å². The van der Waals surface area contributed by atoms with Gasteiger partial charge in [-0.05, 0) is 32.0 Å². The number of rotatable bonds is 5. The van der Waals surface area contributed by atoms with Crippen molar-refractivity contribution < 1.29 is 26.7 Å². The third-order valence-corrected chi connectivity index (χ3v) is 5.23. The molecular formula is C18H12ClF5N6OS. The summed E-state index contributed by atoms with van der Waals surface area (Å²) < 4.78 is 66.9. The van der Waals surface area contributed by atoms with E-state index in [4.69, 9.17) is 16.9 Å². The Labute approximate surface area is 186 Å². The van der Waals surface area contributed by atoms with E-state index >= 15 is 0 Å². The number of nitrogens with zero attached hydrogens (tertiary/aromatic N) is 5. The number of carbonyl (C=O) groups is 1. The molecule has 3 rings (SSSR count). The molecule has 0 saturated heterocycles. The van der Waals surface area contributed by atoms with Crippen molar-refractivity contribution in [3.05, 3.63) is 57.1 Å². The minimum absolute atomic E-state index is 0.206. The molecule has 14 heteroatoms. The van der Waals surface area contributed by atoms with E-state index < -0.39 is 40.2 Å². The predicted octanol–water partition coefficient (Wildman–Crippen LogP) is 4.70. The van der Waals surface area contributed by atoms with Crippen LogP contribution in [0.4, 0.5) is 22.0 Å². The molecule has 2 aromatic heterocycles. The summed E-state index contributed by atoms with van der Waals surface area (Å²) in [6.45, 7) is 3.09. The van der Waals surface area contributed by atoms with Crippen molar-refractivity contribution in [2.24, 2.45) is 0 Å². The highest BCUT2D eigenvalue weighted by Gasteiger charge is 2.58. The first-order valence-electron chi connectivity index (χ1n) is 8.70. The standard InChI is InChI=1S/C18H12ClF5N6OS/c1-8(14-28-9(2)29-30(14)16-26-7-13(6-25)32-16)27-15(31)10-3-11(5-12(19)4-10)17(20,21)18(22,23)24/h3-5,7-8H,1-2H3,(H,27,31)/t8-/m0/s1. The van der Waals surface area contributed by atoms with Gasteiger partial charge in [0.25, 0.3) is 5.91 Å². The maximum atomic E-state index is 13.7. The summed E-state index contributed by atoms with van der Waals surface area (Å²) in [5.41, 5.74) is -1.95. The number of hydrogen-bond donors (Lipinski definition) is 1. The molecule has 0 fully saturated rings. The lowest BCUT2D eigenvalue weighted by Gasteiger charge is -2.21. The maximum absolute atomic E-state index is 13.7. The van der Waals surface area contributed by atoms with Crippen LogP contribution in [0.25, 0.3) is 5.13 Å². The van der Waals surface area contributed by atoms with Gasteiger partial charge in [0.15, 0.2) is 5.82 Å². The first-order chi connectivity index (χ1) is 14.8. The van der Waals surface area contributed by atoms with E-state index in [0.717, 1.165) is 17.4 Å². The monoisotopic (exact) mass is 490 g/mol. The summed E-state index contributed by atoms with van der Waals surface area (Å²) in [6, 6.07) is 2.92. The number of aromatic nitrogens is 4. The van der Waals surface area contributed by atoms with Crippen LogP contribution in [0.3, 0.4) is 0 Å². The lowest BCUT2D eigenvalue weighted by molar-refractivity contribution is -0.289. The molecule has 1 atom stereocenters. The average Bonchev–Trinajstić information content (AvgIpc) is 3.32. The molecule has 0 spiro atoms. The number of benzene rings is 1. The molecule has 0 saturated carbocycles. The summed E-state index contributed by atoms with van der Waals surface area (Å²) in [4.78, 5) is 21.2. The van der Waals surface area contributed by atoms with Crippen molar-refractivity contribution >= 4 is 28.8 Å². The van der Waals surface area contributed by atoms with E-state index in [9.17, 15) is 26.7 Å². The van der Waals surface area contributed by atoms with Gasteiger partial charge in [0.05, 0.1) is 12.2 Å². The van der Waals surface area contributed by atoms with E-state index in [-0.39, 0.29) is 5.82 Å². The molecular weight excluding hydrogens is 479 g/mol. The van der Waals surface area contributed by atoms with Crippen LogP contribution >= 0.6 is 22.9 Å². The molecule has 1 amide bonds. The van der Waals surface area contributed by atoms with Gasteiger partial charge in [0.2, 0.25) is 5.13 Å². The van der Waals surface area contributed by atoms with Gasteiger partial charge in [-0.15, -0.1) is 5.10 Å². The quantitative estimate of drug-likeness (QED) is 0.523. The SMILES string of the molecule is Cc1nc([C@H](C)NC(=O)c2cc(Cl)cc(C(F)(F)C(F)(F)F)c2)n(-c2ncc(C#N)s2)n1. The van der Waals surface area contributed by atoms with Crippen LogP contribution in [-0.2, 0) is 5.92 Å². The highest BCUT2D eigenvalue weighted by atomic mass is 35.5. The Bertz CT molecular complexity index is 1220. The fraction of sp³-hybridized carbons (Fsp3) is 0.278. The van der Waals surface area contributed by atoms with Gasteiger partial charge in [-0.25, -0.2) is 9.97 Å². The Kier molecular flexibility index (Phi) is 6.21. The lowest BCUT2D eigenvalue weighted by atomic mass is 10.0. The number of nitrogens with one attached hydrogen (secondary N) is 1. The summed E-state index contributed by atoms with van der Waals surface area (Å²) in [5.74, 6) is -5.62. The number of thiazole rings is 1. The van der Waals surface area contributed by atoms with Crippen LogP contribution in [0.1, 0.15) is 45.4 Å². The Balaban J connectivity index is 1.90. The fourth-order valence-corrected chi connectivity index (χ4v) is 3.59. The molecule has 168 valence electrons. The Morgan fingerprint density at radius 2 is 1.97 bits per heavy atom. The molecule has 2 heterocycles. The van der Waals surface area contributed by atoms with Crippen molar-refractivity contribution in [2.45, 2.75) is 32.0 Å². The van der Waals surface area contributed by atoms with E-state index in [2.05, 4.69) is 20.4 Å². The van der Waals surface area contributed by atoms with E-state index in [1.54, 1.807) is 6.92 Å². The Hall–Kier alpha value is -3.11. The minimum Gasteiger partial charge on any atom is -0.342 e. The number of aryl methyl sites for hydroxylation is 1. The predicted molar refractivity (Wildman–Crippen MR) is 104 cm³/mol. The molecule has 1 aromatic carbocycles. The molecule has 32 heavy (non-hydrogen) atoms. The third kappa shape index (κ3) is 4.56. The zero-order valence-electron chi connectivity index (χ0n) is 16.2. The fourth-order valence-electron chi connectivity index (χ4n) is 2.68. The molecule has 0 bridgehead atoms. The van der Waals surface area contributed by atoms with Gasteiger partial charge in [-0.1, -0.05) is 22.9 Å². The number of alkyl halides is 5. The van der Waals surface area contributed by atoms with Crippen LogP contribution in [0, 0.1) is 18.3 Å². The topological polar surface area (TPSA) is 96.5 Å². The smallest absolute Gasteiger partial charge is 0.342 e. The summed E-state index contributed by atoms with van der Waals surface area (Å²) >= 11 is 6.71. The summed E-state index contributed by atoms with van der Waals surface area (Å²) in [7, 11) is 0. The van der Waals surface area contributed by atoms with Crippen LogP contribution in [-0.4, -0.2) is 31.8 Å². The van der Waals surface area contributed by atoms with Crippen molar-refractivity contribution in [1.29, 1.82) is 5.26 Å². The van der Waals surface area contributed by atoms with Crippen molar-refractivity contribution in [2.75, 3.05) is 0 Å². The molecule has 7 nitrogen and oxygen atoms in total. The number of nitriles is 1. The van der Waals surface area contributed by atoms with Crippen LogP contribution in [0.5, 0.6) is 0 Å². The number of amides is 1. The van der Waals surface area contributed by atoms with Gasteiger partial charge in [0.1, 0.15) is 16.8 Å². The van der Waals surface area contributed by atoms with Gasteiger partial charge in [0, 0.05) is 16.1 Å². The lowest BCUT2D eigenvalue weighted by Crippen LogP contribution is -2.34. The second-order valence-electron chi connectivity index (χ2n) is 6.54. The highest BCUT2D eigenvalue weighted by Crippen LogP contribution is 2.44. The highest BCUT2D eigenvalue weighted by molar-refractivity contribution is 7.14. The van der Waals surface area contributed by atoms with Crippen LogP contribution in [0.15, 0.2) is 24.4 Å². The van der Waals surface area contributed by atoms with Gasteiger partial charge >= 0.3 is 12.1 Å². The van der Waals surface area contributed by atoms with Crippen LogP contribution in [0.2, 0.25) is 5.02 Å². The molecule has 0 radical (unpaired) electrons. The zero-order valence-corrected chi connectivity index (χ0v) is 17.8. The minimum atomic E-state index is -5.86. The molecule has 0 unspecified atom stereocenters. The normalized spacial score (nSPS) is 13.0. The molecule has 0 aliphatic rings. The van der Waals surface area contributed by atoms with E-state index in [1.165, 1.54) is 17.8 Å². The largest absolute Gasteiger partial charge is 0.458 e. The number of carbonyl (C=O) groups excluding carboxylic acids is 1. The van der Waals surface area contributed by atoms with Gasteiger partial charge in [-0.2, -0.15) is 31.9 Å². The van der Waals surface area contributed by atoms with Crippen molar-refractivity contribution in [3.8, 4) is 11.2 Å². The number of hydrogen-bond acceptors (Lipinski definition) is 6. The van der Waals surface area contributed by atoms with Gasteiger partial charge < -0.3 is 5.32 Å². The van der Waals surface area contributed by atoms with E-state index in [1.807, 2.05) is 6.07 Å². The first-order valence-corrected chi connectivity index (χ1v) is 9.89. The summed E-state index contributed by atoms with van der Waals surface area (Å²) in [5, 5.41) is 15.4. The van der Waals surface area contributed by atoms with Gasteiger partial charge in [-0.3, -0.25) is 4.79 Å². The van der Waals surface area contributed by atoms with Crippen molar-refractivity contribution in [1.82, 2.24) is 25.1 Å². The molecule has 1 N–H and O–H groups in total. The molecule has 0 aliphatic heterocycles.